The fraction of sp³-hybridized carbons (Fsp3) is 0.812. The maximum Gasteiger partial charge on any atom is 0.316 e. The number of allylic oxidation sites excluding steroid dienone is 2. The fourth-order valence-corrected chi connectivity index (χ4v) is 11.0. The standard InChI is InChI=1S/C48H74O14/c1-11-25(2)43-28(5)17-18-47(62-43)23-34-20-33(61-47)16-15-27(4)42(26(3)13-12-14-32-24-55-45-40(49)29(6)19-35(46(51)58-34)48(32,45)52)59-39-22-37(54-10)44(31(8)57-39)60-38-21-36(53-9)41(50)30(7)56-38/h12-15,19,25-26,28,30-31,33-45,49-50,52H,11,16-18,20-24H2,1-10H3/t25-,26-,28-,30-,31-,33+,34-,35?,36-,37-,38-,39-,40+,41-,42-,43?,44-,45+,47+,48+/m0/s1. The molecule has 6 heterocycles. The lowest BCUT2D eigenvalue weighted by Crippen LogP contribution is -2.58. The highest BCUT2D eigenvalue weighted by molar-refractivity contribution is 5.78. The predicted octanol–water partition coefficient (Wildman–Crippen LogP) is 5.60. The zero-order valence-corrected chi connectivity index (χ0v) is 38.5. The lowest BCUT2D eigenvalue weighted by Gasteiger charge is -2.51. The first-order valence-corrected chi connectivity index (χ1v) is 23.2. The third-order valence-electron chi connectivity index (χ3n) is 14.9. The number of fused-ring (bicyclic) bond motifs is 2. The van der Waals surface area contributed by atoms with Crippen LogP contribution in [0.15, 0.2) is 47.1 Å². The van der Waals surface area contributed by atoms with Crippen LogP contribution < -0.4 is 0 Å². The van der Waals surface area contributed by atoms with Gasteiger partial charge in [0.1, 0.15) is 42.0 Å². The maximum atomic E-state index is 14.4. The largest absolute Gasteiger partial charge is 0.462 e. The lowest BCUT2D eigenvalue weighted by atomic mass is 9.71. The van der Waals surface area contributed by atoms with Gasteiger partial charge < -0.3 is 62.7 Å². The van der Waals surface area contributed by atoms with Gasteiger partial charge in [-0.2, -0.15) is 0 Å². The minimum atomic E-state index is -1.82. The van der Waals surface area contributed by atoms with Crippen molar-refractivity contribution in [3.63, 3.8) is 0 Å². The Morgan fingerprint density at radius 3 is 2.35 bits per heavy atom. The summed E-state index contributed by atoms with van der Waals surface area (Å²) in [5.41, 5.74) is 0.188. The van der Waals surface area contributed by atoms with Crippen molar-refractivity contribution in [2.45, 2.75) is 204 Å². The molecule has 350 valence electrons. The number of methoxy groups -OCH3 is 2. The highest BCUT2D eigenvalue weighted by Gasteiger charge is 2.60. The number of aliphatic hydroxyl groups is 3. The Bertz CT molecular complexity index is 1680. The van der Waals surface area contributed by atoms with E-state index in [1.165, 1.54) is 0 Å². The summed E-state index contributed by atoms with van der Waals surface area (Å²) >= 11 is 0. The Hall–Kier alpha value is -2.05. The van der Waals surface area contributed by atoms with Crippen molar-refractivity contribution in [1.29, 1.82) is 0 Å². The van der Waals surface area contributed by atoms with Gasteiger partial charge in [-0.25, -0.2) is 0 Å². The summed E-state index contributed by atoms with van der Waals surface area (Å²) in [4.78, 5) is 14.4. The van der Waals surface area contributed by atoms with Gasteiger partial charge in [-0.1, -0.05) is 64.5 Å². The topological polar surface area (TPSA) is 170 Å². The average molecular weight is 875 g/mol. The van der Waals surface area contributed by atoms with Crippen LogP contribution in [-0.4, -0.2) is 139 Å². The third kappa shape index (κ3) is 9.73. The number of ether oxygens (including phenoxy) is 10. The fourth-order valence-electron chi connectivity index (χ4n) is 11.0. The van der Waals surface area contributed by atoms with Gasteiger partial charge in [-0.05, 0) is 69.1 Å². The van der Waals surface area contributed by atoms with E-state index in [0.29, 0.717) is 61.5 Å². The van der Waals surface area contributed by atoms with E-state index in [1.54, 1.807) is 40.2 Å². The first-order valence-electron chi connectivity index (χ1n) is 23.2. The summed E-state index contributed by atoms with van der Waals surface area (Å²) in [7, 11) is 3.23. The number of hydrogen-bond donors (Lipinski definition) is 3. The second-order valence-corrected chi connectivity index (χ2v) is 19.4. The van der Waals surface area contributed by atoms with E-state index in [4.69, 9.17) is 47.4 Å². The summed E-state index contributed by atoms with van der Waals surface area (Å²) in [5.74, 6) is -2.10. The molecule has 62 heavy (non-hydrogen) atoms. The molecule has 20 atom stereocenters. The van der Waals surface area contributed by atoms with Crippen LogP contribution in [-0.2, 0) is 52.2 Å². The molecule has 0 radical (unpaired) electrons. The highest BCUT2D eigenvalue weighted by atomic mass is 16.7. The van der Waals surface area contributed by atoms with Crippen LogP contribution in [0.5, 0.6) is 0 Å². The first-order chi connectivity index (χ1) is 29.5. The van der Waals surface area contributed by atoms with Gasteiger partial charge in [0.25, 0.3) is 0 Å². The van der Waals surface area contributed by atoms with Crippen LogP contribution >= 0.6 is 0 Å². The van der Waals surface area contributed by atoms with E-state index >= 15 is 0 Å². The number of carbonyl (C=O) groups excluding carboxylic acids is 1. The van der Waals surface area contributed by atoms with Crippen molar-refractivity contribution >= 4 is 5.97 Å². The molecule has 5 fully saturated rings. The van der Waals surface area contributed by atoms with Gasteiger partial charge in [-0.15, -0.1) is 0 Å². The number of rotatable bonds is 8. The lowest BCUT2D eigenvalue weighted by molar-refractivity contribution is -0.340. The summed E-state index contributed by atoms with van der Waals surface area (Å²) in [6.45, 7) is 16.3. The van der Waals surface area contributed by atoms with Gasteiger partial charge in [-0.3, -0.25) is 4.79 Å². The summed E-state index contributed by atoms with van der Waals surface area (Å²) < 4.78 is 63.9. The van der Waals surface area contributed by atoms with Crippen LogP contribution in [0.1, 0.15) is 107 Å². The smallest absolute Gasteiger partial charge is 0.316 e. The molecule has 6 aliphatic heterocycles. The second kappa shape index (κ2) is 19.8. The van der Waals surface area contributed by atoms with Crippen molar-refractivity contribution < 1.29 is 67.5 Å². The van der Waals surface area contributed by atoms with Gasteiger partial charge in [0.15, 0.2) is 18.4 Å². The van der Waals surface area contributed by atoms with Crippen LogP contribution in [0.3, 0.4) is 0 Å². The van der Waals surface area contributed by atoms with Crippen molar-refractivity contribution in [3.05, 3.63) is 47.1 Å². The monoisotopic (exact) mass is 875 g/mol. The highest BCUT2D eigenvalue weighted by Crippen LogP contribution is 2.48. The molecule has 14 heteroatoms. The quantitative estimate of drug-likeness (QED) is 0.204. The second-order valence-electron chi connectivity index (χ2n) is 19.4. The Morgan fingerprint density at radius 1 is 0.919 bits per heavy atom. The molecule has 0 aromatic heterocycles. The maximum absolute atomic E-state index is 14.4. The molecule has 3 N–H and O–H groups in total. The van der Waals surface area contributed by atoms with E-state index in [2.05, 4.69) is 40.7 Å². The zero-order chi connectivity index (χ0) is 44.7. The number of esters is 1. The normalized spacial score (nSPS) is 47.2. The minimum Gasteiger partial charge on any atom is -0.462 e. The van der Waals surface area contributed by atoms with Crippen molar-refractivity contribution in [2.24, 2.45) is 23.7 Å². The predicted molar refractivity (Wildman–Crippen MR) is 227 cm³/mol. The SMILES string of the molecule is CC[C@H](C)C1O[C@]2(CC[C@@H]1C)C[C@@H]1C[C@@H](CC=C(C)[C@@H](O[C@H]3C[C@H](OC)[C@@H](O[C@H]4C[C@H](OC)[C@@H](O)[C@H](C)O4)[C@H](C)O3)[C@@H](C)C=CC=C3CO[C@@H]4[C@H](O)C(C)=CC(C(=O)O1)[C@]34O)O2. The molecule has 14 nitrogen and oxygen atoms in total. The molecule has 0 aromatic carbocycles. The molecule has 0 saturated carbocycles. The third-order valence-corrected chi connectivity index (χ3v) is 14.9. The van der Waals surface area contributed by atoms with Gasteiger partial charge in [0, 0.05) is 52.2 Å². The Labute approximate surface area is 368 Å². The molecule has 5 saturated heterocycles. The number of aliphatic hydroxyl groups excluding tert-OH is 2. The molecule has 1 aliphatic carbocycles. The molecule has 0 aromatic rings. The van der Waals surface area contributed by atoms with E-state index in [0.717, 1.165) is 18.4 Å². The number of hydrogen-bond acceptors (Lipinski definition) is 14. The molecule has 0 amide bonds. The zero-order valence-electron chi connectivity index (χ0n) is 38.5. The summed E-state index contributed by atoms with van der Waals surface area (Å²) in [6, 6.07) is 0. The van der Waals surface area contributed by atoms with Crippen LogP contribution in [0.4, 0.5) is 0 Å². The van der Waals surface area contributed by atoms with Gasteiger partial charge >= 0.3 is 5.97 Å². The van der Waals surface area contributed by atoms with Crippen molar-refractivity contribution in [2.75, 3.05) is 20.8 Å². The van der Waals surface area contributed by atoms with Crippen LogP contribution in [0, 0.1) is 23.7 Å². The molecule has 2 unspecified atom stereocenters. The molecular weight excluding hydrogens is 801 g/mol. The molecule has 7 rings (SSSR count). The minimum absolute atomic E-state index is 0.00708. The molecule has 2 bridgehead atoms. The van der Waals surface area contributed by atoms with Crippen LogP contribution in [0.2, 0.25) is 0 Å². The summed E-state index contributed by atoms with van der Waals surface area (Å²) in [6.07, 6.45) is 6.53. The molecule has 1 spiro atoms. The van der Waals surface area contributed by atoms with Gasteiger partial charge in [0.05, 0.1) is 49.3 Å². The molecule has 7 aliphatic rings. The van der Waals surface area contributed by atoms with Crippen LogP contribution in [0.25, 0.3) is 0 Å². The van der Waals surface area contributed by atoms with E-state index in [9.17, 15) is 20.1 Å². The summed E-state index contributed by atoms with van der Waals surface area (Å²) in [5, 5.41) is 34.2. The van der Waals surface area contributed by atoms with E-state index in [1.807, 2.05) is 19.1 Å². The van der Waals surface area contributed by atoms with E-state index in [-0.39, 0.29) is 30.8 Å². The van der Waals surface area contributed by atoms with Gasteiger partial charge in [0.2, 0.25) is 0 Å². The Balaban J connectivity index is 1.18. The number of carbonyl (C=O) groups is 1. The van der Waals surface area contributed by atoms with E-state index < -0.39 is 90.8 Å². The first kappa shape index (κ1) is 47.9. The average Bonchev–Trinajstić information content (AvgIpc) is 3.58. The van der Waals surface area contributed by atoms with Crippen molar-refractivity contribution in [3.8, 4) is 0 Å². The Kier molecular flexibility index (Phi) is 15.3. The van der Waals surface area contributed by atoms with Crippen molar-refractivity contribution in [1.82, 2.24) is 0 Å². The Morgan fingerprint density at radius 2 is 1.63 bits per heavy atom. The molecular formula is C48H74O14.